The summed E-state index contributed by atoms with van der Waals surface area (Å²) >= 11 is 6.14. The van der Waals surface area contributed by atoms with Crippen LogP contribution in [0.2, 0.25) is 0 Å². The van der Waals surface area contributed by atoms with Crippen molar-refractivity contribution in [1.82, 2.24) is 4.98 Å². The predicted octanol–water partition coefficient (Wildman–Crippen LogP) is 2.03. The molecule has 0 bridgehead atoms. The largest absolute Gasteiger partial charge is 0.504 e. The molecule has 1 aromatic heterocycles. The summed E-state index contributed by atoms with van der Waals surface area (Å²) in [6, 6.07) is 2.29. The minimum Gasteiger partial charge on any atom is -0.504 e. The highest BCUT2D eigenvalue weighted by atomic mass is 79.9. The van der Waals surface area contributed by atoms with Gasteiger partial charge in [0.15, 0.2) is 5.75 Å². The summed E-state index contributed by atoms with van der Waals surface area (Å²) in [7, 11) is 0. The first-order valence-electron chi connectivity index (χ1n) is 4.75. The van der Waals surface area contributed by atoms with Crippen LogP contribution in [-0.4, -0.2) is 15.0 Å². The average Bonchev–Trinajstić information content (AvgIpc) is 2.42. The van der Waals surface area contributed by atoms with E-state index in [9.17, 15) is 24.8 Å². The van der Waals surface area contributed by atoms with Crippen molar-refractivity contribution < 1.29 is 10.0 Å². The fourth-order valence-electron chi connectivity index (χ4n) is 1.55. The minimum atomic E-state index is -1.15. The zero-order valence-corrected chi connectivity index (χ0v) is 12.1. The van der Waals surface area contributed by atoms with Gasteiger partial charge < -0.3 is 10.1 Å². The molecule has 2 aromatic rings. The second-order valence-electron chi connectivity index (χ2n) is 3.55. The lowest BCUT2D eigenvalue weighted by atomic mass is 10.2. The number of hydrogen-bond donors (Lipinski definition) is 2. The second kappa shape index (κ2) is 4.74. The first-order chi connectivity index (χ1) is 8.82. The molecule has 0 saturated heterocycles. The topological polar surface area (TPSA) is 113 Å². The van der Waals surface area contributed by atoms with Gasteiger partial charge in [0, 0.05) is 10.5 Å². The predicted molar refractivity (Wildman–Crippen MR) is 74.6 cm³/mol. The van der Waals surface area contributed by atoms with Crippen LogP contribution in [0.1, 0.15) is 0 Å². The summed E-state index contributed by atoms with van der Waals surface area (Å²) in [6.45, 7) is 0. The summed E-state index contributed by atoms with van der Waals surface area (Å²) in [4.78, 5) is 35.4. The van der Waals surface area contributed by atoms with E-state index in [2.05, 4.69) is 36.8 Å². The van der Waals surface area contributed by atoms with Gasteiger partial charge in [-0.2, -0.15) is 0 Å². The summed E-state index contributed by atoms with van der Waals surface area (Å²) in [6.07, 6.45) is 0. The first-order valence-corrected chi connectivity index (χ1v) is 6.34. The lowest BCUT2D eigenvalue weighted by Gasteiger charge is -2.01. The molecule has 0 radical (unpaired) electrons. The standard InChI is InChI=1S/C10H4Br2N2O5/c11-4-2-5-3(8(7(4)12)14(18)19)1-6(15)9(16)10(17)13-5/h1-2H,(H2,13,15,16,17). The highest BCUT2D eigenvalue weighted by Crippen LogP contribution is 2.38. The van der Waals surface area contributed by atoms with Crippen molar-refractivity contribution in [2.24, 2.45) is 0 Å². The van der Waals surface area contributed by atoms with Crippen molar-refractivity contribution >= 4 is 48.5 Å². The number of fused-ring (bicyclic) bond motifs is 1. The number of nitrogens with zero attached hydrogens (tertiary/aromatic N) is 1. The minimum absolute atomic E-state index is 0.0585. The Morgan fingerprint density at radius 1 is 1.26 bits per heavy atom. The van der Waals surface area contributed by atoms with Crippen molar-refractivity contribution in [2.45, 2.75) is 0 Å². The lowest BCUT2D eigenvalue weighted by Crippen LogP contribution is -2.22. The zero-order chi connectivity index (χ0) is 14.3. The van der Waals surface area contributed by atoms with E-state index in [1.165, 1.54) is 6.07 Å². The Balaban J connectivity index is 3.19. The third kappa shape index (κ3) is 2.26. The van der Waals surface area contributed by atoms with Gasteiger partial charge in [-0.1, -0.05) is 0 Å². The molecule has 98 valence electrons. The van der Waals surface area contributed by atoms with Crippen molar-refractivity contribution in [3.05, 3.63) is 51.8 Å². The molecule has 1 aromatic carbocycles. The Kier molecular flexibility index (Phi) is 3.42. The summed E-state index contributed by atoms with van der Waals surface area (Å²) < 4.78 is 0.476. The van der Waals surface area contributed by atoms with Crippen LogP contribution in [0.25, 0.3) is 10.9 Å². The number of nitrogens with one attached hydrogen (secondary N) is 1. The van der Waals surface area contributed by atoms with Gasteiger partial charge in [0.25, 0.3) is 16.7 Å². The van der Waals surface area contributed by atoms with E-state index >= 15 is 0 Å². The maximum Gasteiger partial charge on any atom is 0.300 e. The molecule has 0 aliphatic heterocycles. The Morgan fingerprint density at radius 3 is 2.47 bits per heavy atom. The number of nitro groups is 1. The quantitative estimate of drug-likeness (QED) is 0.438. The van der Waals surface area contributed by atoms with Crippen molar-refractivity contribution in [3.63, 3.8) is 0 Å². The summed E-state index contributed by atoms with van der Waals surface area (Å²) in [5.41, 5.74) is -2.52. The van der Waals surface area contributed by atoms with Gasteiger partial charge in [-0.05, 0) is 37.9 Å². The molecule has 0 amide bonds. The normalized spacial score (nSPS) is 10.6. The monoisotopic (exact) mass is 390 g/mol. The molecule has 0 unspecified atom stereocenters. The SMILES string of the molecule is O=c1[nH]c2cc(Br)c(Br)c([N+](=O)[O-])c2cc(O)c1=O. The fraction of sp³-hybridized carbons (Fsp3) is 0. The average molecular weight is 392 g/mol. The second-order valence-corrected chi connectivity index (χ2v) is 5.20. The van der Waals surface area contributed by atoms with Crippen LogP contribution in [0, 0.1) is 10.1 Å². The first kappa shape index (κ1) is 13.7. The molecule has 7 nitrogen and oxygen atoms in total. The molecular formula is C10H4Br2N2O5. The zero-order valence-electron chi connectivity index (χ0n) is 8.94. The number of aromatic hydroxyl groups is 1. The van der Waals surface area contributed by atoms with Gasteiger partial charge in [0.2, 0.25) is 0 Å². The Bertz CT molecular complexity index is 831. The van der Waals surface area contributed by atoms with Crippen LogP contribution in [0.5, 0.6) is 5.75 Å². The maximum atomic E-state index is 11.4. The summed E-state index contributed by atoms with van der Waals surface area (Å²) in [5.74, 6) is -0.853. The van der Waals surface area contributed by atoms with Crippen LogP contribution < -0.4 is 11.0 Å². The van der Waals surface area contributed by atoms with E-state index in [1.54, 1.807) is 0 Å². The Hall–Kier alpha value is -1.74. The third-order valence-electron chi connectivity index (χ3n) is 2.38. The van der Waals surface area contributed by atoms with Crippen LogP contribution in [0.3, 0.4) is 0 Å². The summed E-state index contributed by atoms with van der Waals surface area (Å²) in [5, 5.41) is 20.5. The van der Waals surface area contributed by atoms with Crippen LogP contribution in [0.4, 0.5) is 5.69 Å². The van der Waals surface area contributed by atoms with Crippen molar-refractivity contribution in [3.8, 4) is 5.75 Å². The number of aromatic amines is 1. The van der Waals surface area contributed by atoms with E-state index in [-0.39, 0.29) is 21.1 Å². The number of aromatic nitrogens is 1. The highest BCUT2D eigenvalue weighted by molar-refractivity contribution is 9.13. The van der Waals surface area contributed by atoms with Crippen LogP contribution >= 0.6 is 31.9 Å². The Labute approximate surface area is 121 Å². The van der Waals surface area contributed by atoms with E-state index in [4.69, 9.17) is 0 Å². The van der Waals surface area contributed by atoms with Crippen molar-refractivity contribution in [2.75, 3.05) is 0 Å². The van der Waals surface area contributed by atoms with Crippen LogP contribution in [0.15, 0.2) is 30.7 Å². The fourth-order valence-corrected chi connectivity index (χ4v) is 2.44. The number of hydrogen-bond acceptors (Lipinski definition) is 5. The van der Waals surface area contributed by atoms with Gasteiger partial charge in [0.05, 0.1) is 15.8 Å². The molecule has 0 aliphatic carbocycles. The molecule has 9 heteroatoms. The van der Waals surface area contributed by atoms with Crippen molar-refractivity contribution in [1.29, 1.82) is 0 Å². The number of H-pyrrole nitrogens is 1. The number of benzene rings is 1. The molecule has 0 fully saturated rings. The van der Waals surface area contributed by atoms with E-state index in [0.717, 1.165) is 6.07 Å². The molecule has 1 heterocycles. The molecule has 19 heavy (non-hydrogen) atoms. The smallest absolute Gasteiger partial charge is 0.300 e. The van der Waals surface area contributed by atoms with E-state index in [1.807, 2.05) is 0 Å². The molecule has 2 rings (SSSR count). The number of nitro benzene ring substituents is 1. The molecular weight excluding hydrogens is 388 g/mol. The lowest BCUT2D eigenvalue weighted by molar-refractivity contribution is -0.383. The van der Waals surface area contributed by atoms with Gasteiger partial charge in [-0.15, -0.1) is 0 Å². The maximum absolute atomic E-state index is 11.4. The van der Waals surface area contributed by atoms with E-state index < -0.39 is 21.7 Å². The van der Waals surface area contributed by atoms with E-state index in [0.29, 0.717) is 4.47 Å². The molecule has 2 N–H and O–H groups in total. The van der Waals surface area contributed by atoms with Gasteiger partial charge in [-0.3, -0.25) is 19.7 Å². The highest BCUT2D eigenvalue weighted by Gasteiger charge is 2.21. The van der Waals surface area contributed by atoms with Gasteiger partial charge in [-0.25, -0.2) is 0 Å². The van der Waals surface area contributed by atoms with Gasteiger partial charge >= 0.3 is 0 Å². The molecule has 0 aliphatic rings. The van der Waals surface area contributed by atoms with Gasteiger partial charge in [0.1, 0.15) is 4.47 Å². The third-order valence-corrected chi connectivity index (χ3v) is 4.34. The molecule has 0 saturated carbocycles. The molecule has 0 spiro atoms. The molecule has 0 atom stereocenters. The Morgan fingerprint density at radius 2 is 1.89 bits per heavy atom. The van der Waals surface area contributed by atoms with Crippen LogP contribution in [-0.2, 0) is 0 Å². The number of halogens is 2. The number of rotatable bonds is 1.